The van der Waals surface area contributed by atoms with E-state index >= 15 is 0 Å². The molecule has 4 aliphatic rings. The Morgan fingerprint density at radius 1 is 1.03 bits per heavy atom. The summed E-state index contributed by atoms with van der Waals surface area (Å²) in [5.41, 5.74) is 1.62. The number of carbonyl (C=O) groups is 4. The van der Waals surface area contributed by atoms with E-state index in [4.69, 9.17) is 9.47 Å². The molecule has 4 atom stereocenters. The van der Waals surface area contributed by atoms with Crippen molar-refractivity contribution < 1.29 is 33.8 Å². The van der Waals surface area contributed by atoms with Gasteiger partial charge < -0.3 is 14.6 Å². The predicted octanol–water partition coefficient (Wildman–Crippen LogP) is 4.52. The van der Waals surface area contributed by atoms with Crippen molar-refractivity contribution in [3.63, 3.8) is 0 Å². The van der Waals surface area contributed by atoms with Crippen LogP contribution in [0.2, 0.25) is 0 Å². The first-order valence-electron chi connectivity index (χ1n) is 12.8. The second-order valence-corrected chi connectivity index (χ2v) is 12.1. The number of ether oxygens (including phenoxy) is 2. The van der Waals surface area contributed by atoms with Gasteiger partial charge in [-0.15, -0.1) is 0 Å². The number of hydrogen-bond donors (Lipinski definition) is 1. The van der Waals surface area contributed by atoms with E-state index in [-0.39, 0.29) is 57.5 Å². The lowest BCUT2D eigenvalue weighted by atomic mass is 9.61. The summed E-state index contributed by atoms with van der Waals surface area (Å²) in [6.07, 6.45) is 7.50. The molecule has 1 aromatic carbocycles. The summed E-state index contributed by atoms with van der Waals surface area (Å²) in [6, 6.07) is 3.28. The van der Waals surface area contributed by atoms with E-state index in [1.54, 1.807) is 18.2 Å². The molecule has 39 heavy (non-hydrogen) atoms. The maximum absolute atomic E-state index is 13.7. The van der Waals surface area contributed by atoms with E-state index in [9.17, 15) is 24.3 Å². The van der Waals surface area contributed by atoms with Gasteiger partial charge in [0.2, 0.25) is 17.6 Å². The Morgan fingerprint density at radius 3 is 2.26 bits per heavy atom. The molecule has 1 fully saturated rings. The van der Waals surface area contributed by atoms with Crippen molar-refractivity contribution in [2.24, 2.45) is 23.7 Å². The molecule has 1 N–H and O–H groups in total. The number of benzene rings is 1. The Labute approximate surface area is 235 Å². The van der Waals surface area contributed by atoms with Crippen molar-refractivity contribution >= 4 is 45.4 Å². The number of methoxy groups -OCH3 is 2. The van der Waals surface area contributed by atoms with E-state index < -0.39 is 23.3 Å². The topological polar surface area (TPSA) is 110 Å². The Balaban J connectivity index is 1.62. The fourth-order valence-corrected chi connectivity index (χ4v) is 6.81. The summed E-state index contributed by atoms with van der Waals surface area (Å²) in [5, 5.41) is 10.3. The zero-order valence-corrected chi connectivity index (χ0v) is 24.0. The number of phenolic OH excluding ortho intramolecular Hbond substituents is 1. The lowest BCUT2D eigenvalue weighted by Crippen LogP contribution is -2.46. The lowest BCUT2D eigenvalue weighted by Gasteiger charge is -2.41. The number of phenols is 1. The third kappa shape index (κ3) is 4.27. The quantitative estimate of drug-likeness (QED) is 0.309. The van der Waals surface area contributed by atoms with Crippen molar-refractivity contribution in [3.05, 3.63) is 57.1 Å². The zero-order chi connectivity index (χ0) is 28.4. The molecule has 3 aliphatic carbocycles. The maximum atomic E-state index is 13.7. The Morgan fingerprint density at radius 2 is 1.67 bits per heavy atom. The van der Waals surface area contributed by atoms with Crippen LogP contribution in [0.15, 0.2) is 51.6 Å². The number of imide groups is 1. The SMILES string of the molecule is COc1cc(C=C[C@H]2C3=CC[C@@H]4C(=O)N(C(C)(C)C)C(=O)[C@@H]4[C@@H]3CC3=C2C(=O)C=C(Br)C3=O)cc(OC)c1O. The highest BCUT2D eigenvalue weighted by Crippen LogP contribution is 2.53. The predicted molar refractivity (Wildman–Crippen MR) is 147 cm³/mol. The van der Waals surface area contributed by atoms with Gasteiger partial charge in [-0.1, -0.05) is 23.8 Å². The van der Waals surface area contributed by atoms with Gasteiger partial charge >= 0.3 is 0 Å². The second-order valence-electron chi connectivity index (χ2n) is 11.3. The van der Waals surface area contributed by atoms with Gasteiger partial charge in [0.15, 0.2) is 23.1 Å². The van der Waals surface area contributed by atoms with Gasteiger partial charge in [-0.2, -0.15) is 0 Å². The number of Topliss-reactive ketones (excluding diaryl/α,β-unsaturated/α-hetero) is 1. The molecule has 0 saturated carbocycles. The molecule has 1 heterocycles. The van der Waals surface area contributed by atoms with Crippen LogP contribution in [0.5, 0.6) is 17.2 Å². The van der Waals surface area contributed by atoms with Gasteiger partial charge in [0, 0.05) is 28.7 Å². The number of fused-ring (bicyclic) bond motifs is 3. The van der Waals surface area contributed by atoms with Crippen molar-refractivity contribution in [1.82, 2.24) is 4.90 Å². The van der Waals surface area contributed by atoms with Gasteiger partial charge in [0.1, 0.15) is 0 Å². The first-order valence-corrected chi connectivity index (χ1v) is 13.6. The second kappa shape index (κ2) is 9.62. The average molecular weight is 596 g/mol. The minimum absolute atomic E-state index is 0.128. The van der Waals surface area contributed by atoms with Crippen molar-refractivity contribution in [3.8, 4) is 17.2 Å². The van der Waals surface area contributed by atoms with Crippen LogP contribution in [0, 0.1) is 23.7 Å². The Bertz CT molecular complexity index is 1420. The highest BCUT2D eigenvalue weighted by atomic mass is 79.9. The highest BCUT2D eigenvalue weighted by molar-refractivity contribution is 9.12. The minimum Gasteiger partial charge on any atom is -0.502 e. The van der Waals surface area contributed by atoms with Gasteiger partial charge in [0.25, 0.3) is 0 Å². The number of hydrogen-bond acceptors (Lipinski definition) is 7. The van der Waals surface area contributed by atoms with E-state index in [2.05, 4.69) is 15.9 Å². The smallest absolute Gasteiger partial charge is 0.234 e. The number of rotatable bonds is 4. The van der Waals surface area contributed by atoms with Gasteiger partial charge in [-0.3, -0.25) is 24.1 Å². The largest absolute Gasteiger partial charge is 0.502 e. The highest BCUT2D eigenvalue weighted by Gasteiger charge is 2.57. The summed E-state index contributed by atoms with van der Waals surface area (Å²) in [7, 11) is 2.87. The van der Waals surface area contributed by atoms with Crippen LogP contribution >= 0.6 is 15.9 Å². The molecule has 1 aromatic rings. The molecule has 0 aromatic heterocycles. The Kier molecular flexibility index (Phi) is 6.69. The van der Waals surface area contributed by atoms with Gasteiger partial charge in [-0.25, -0.2) is 0 Å². The van der Waals surface area contributed by atoms with Crippen molar-refractivity contribution in [2.45, 2.75) is 39.2 Å². The minimum atomic E-state index is -0.663. The van der Waals surface area contributed by atoms with Crippen LogP contribution in [0.3, 0.4) is 0 Å². The van der Waals surface area contributed by atoms with Crippen molar-refractivity contribution in [2.75, 3.05) is 14.2 Å². The van der Waals surface area contributed by atoms with Crippen LogP contribution in [0.4, 0.5) is 0 Å². The lowest BCUT2D eigenvalue weighted by molar-refractivity contribution is -0.145. The number of carbonyl (C=O) groups excluding carboxylic acids is 4. The Hall–Kier alpha value is -3.46. The molecule has 0 unspecified atom stereocenters. The number of ketones is 2. The molecule has 0 radical (unpaired) electrons. The average Bonchev–Trinajstić information content (AvgIpc) is 3.15. The third-order valence-electron chi connectivity index (χ3n) is 8.03. The van der Waals surface area contributed by atoms with Gasteiger partial charge in [-0.05, 0) is 73.2 Å². The number of nitrogens with zero attached hydrogens (tertiary/aromatic N) is 1. The molecule has 1 saturated heterocycles. The maximum Gasteiger partial charge on any atom is 0.234 e. The number of amides is 2. The fraction of sp³-hybridized carbons (Fsp3) is 0.400. The van der Waals surface area contributed by atoms with E-state index in [1.165, 1.54) is 25.2 Å². The summed E-state index contributed by atoms with van der Waals surface area (Å²) < 4.78 is 10.7. The molecule has 8 nitrogen and oxygen atoms in total. The zero-order valence-electron chi connectivity index (χ0n) is 22.4. The fourth-order valence-electron chi connectivity index (χ4n) is 6.36. The summed E-state index contributed by atoms with van der Waals surface area (Å²) >= 11 is 3.23. The number of likely N-dealkylation sites (tertiary alicyclic amines) is 1. The molecule has 2 amide bonds. The van der Waals surface area contributed by atoms with Gasteiger partial charge in [0.05, 0.1) is 30.5 Å². The molecular formula is C30H30BrNO7. The summed E-state index contributed by atoms with van der Waals surface area (Å²) in [6.45, 7) is 5.52. The number of halogens is 1. The van der Waals surface area contributed by atoms with E-state index in [0.29, 0.717) is 23.1 Å². The van der Waals surface area contributed by atoms with Crippen LogP contribution in [-0.4, -0.2) is 53.1 Å². The molecule has 204 valence electrons. The molecule has 5 rings (SSSR count). The van der Waals surface area contributed by atoms with Crippen LogP contribution in [-0.2, 0) is 19.2 Å². The molecule has 9 heteroatoms. The molecular weight excluding hydrogens is 566 g/mol. The van der Waals surface area contributed by atoms with Crippen molar-refractivity contribution in [1.29, 1.82) is 0 Å². The third-order valence-corrected chi connectivity index (χ3v) is 8.62. The molecule has 0 spiro atoms. The number of aromatic hydroxyl groups is 1. The first-order chi connectivity index (χ1) is 18.4. The standard InChI is InChI=1S/C30H30BrNO7/c1-30(2,3)32-28(36)17-9-8-15-16(7-6-14-10-22(38-4)27(35)23(11-14)39-5)24-19(12-18(15)25(17)29(32)37)26(34)20(31)13-21(24)33/h6-8,10-11,13,16-18,25,35H,9,12H2,1-5H3/t16-,17-,18+,25-/m0/s1. The van der Waals surface area contributed by atoms with Crippen LogP contribution in [0.25, 0.3) is 6.08 Å². The molecule has 1 aliphatic heterocycles. The van der Waals surface area contributed by atoms with E-state index in [0.717, 1.165) is 5.57 Å². The monoisotopic (exact) mass is 595 g/mol. The summed E-state index contributed by atoms with van der Waals surface area (Å²) in [4.78, 5) is 54.9. The van der Waals surface area contributed by atoms with E-state index in [1.807, 2.05) is 32.9 Å². The summed E-state index contributed by atoms with van der Waals surface area (Å²) in [5.74, 6) is -2.67. The van der Waals surface area contributed by atoms with Crippen LogP contribution < -0.4 is 9.47 Å². The number of allylic oxidation sites excluding steroid dienone is 7. The normalized spacial score (nSPS) is 26.9. The molecule has 0 bridgehead atoms. The van der Waals surface area contributed by atoms with Crippen LogP contribution in [0.1, 0.15) is 39.2 Å². The first kappa shape index (κ1) is 27.1.